The Morgan fingerprint density at radius 2 is 1.93 bits per heavy atom. The molecule has 1 N–H and O–H groups in total. The van der Waals surface area contributed by atoms with Gasteiger partial charge in [-0.05, 0) is 30.4 Å². The van der Waals surface area contributed by atoms with Gasteiger partial charge in [-0.15, -0.1) is 0 Å². The highest BCUT2D eigenvalue weighted by molar-refractivity contribution is 5.88. The molecule has 29 heavy (non-hydrogen) atoms. The number of carbonyl (C=O) groups excluding carboxylic acids is 2. The van der Waals surface area contributed by atoms with Crippen molar-refractivity contribution in [3.05, 3.63) is 35.0 Å². The van der Waals surface area contributed by atoms with E-state index in [9.17, 15) is 9.59 Å². The molecule has 0 unspecified atom stereocenters. The van der Waals surface area contributed by atoms with Gasteiger partial charge in [-0.3, -0.25) is 9.59 Å². The molecule has 158 valence electrons. The first kappa shape index (κ1) is 21.4. The number of ether oxygens (including phenoxy) is 3. The third-order valence-electron chi connectivity index (χ3n) is 5.84. The van der Waals surface area contributed by atoms with Crippen LogP contribution in [0, 0.1) is 0 Å². The van der Waals surface area contributed by atoms with Gasteiger partial charge in [-0.1, -0.05) is 45.9 Å². The summed E-state index contributed by atoms with van der Waals surface area (Å²) in [5.41, 5.74) is 3.60. The van der Waals surface area contributed by atoms with Crippen molar-refractivity contribution < 1.29 is 23.8 Å². The van der Waals surface area contributed by atoms with Crippen LogP contribution in [-0.2, 0) is 42.2 Å². The maximum atomic E-state index is 12.2. The van der Waals surface area contributed by atoms with Crippen molar-refractivity contribution >= 4 is 22.8 Å². The van der Waals surface area contributed by atoms with Gasteiger partial charge in [0.2, 0.25) is 0 Å². The Morgan fingerprint density at radius 1 is 1.17 bits per heavy atom. The van der Waals surface area contributed by atoms with E-state index < -0.39 is 11.7 Å². The number of hydrogen-bond donors (Lipinski definition) is 1. The molecule has 0 radical (unpaired) electrons. The second kappa shape index (κ2) is 8.99. The number of H-pyrrole nitrogens is 1. The molecular formula is C23H31NO5. The van der Waals surface area contributed by atoms with Crippen molar-refractivity contribution in [2.24, 2.45) is 0 Å². The lowest BCUT2D eigenvalue weighted by Crippen LogP contribution is -2.50. The first-order chi connectivity index (χ1) is 14.0. The van der Waals surface area contributed by atoms with E-state index in [-0.39, 0.29) is 31.4 Å². The Labute approximate surface area is 171 Å². The Kier molecular flexibility index (Phi) is 6.63. The second-order valence-electron chi connectivity index (χ2n) is 7.38. The molecule has 0 amide bonds. The number of carbonyl (C=O) groups is 2. The highest BCUT2D eigenvalue weighted by Crippen LogP contribution is 2.43. The van der Waals surface area contributed by atoms with Crippen LogP contribution in [0.3, 0.4) is 0 Å². The number of esters is 2. The van der Waals surface area contributed by atoms with E-state index in [1.165, 1.54) is 16.5 Å². The maximum Gasteiger partial charge on any atom is 0.306 e. The van der Waals surface area contributed by atoms with Crippen LogP contribution in [0.15, 0.2) is 18.2 Å². The molecular weight excluding hydrogens is 370 g/mol. The van der Waals surface area contributed by atoms with Crippen LogP contribution in [0.5, 0.6) is 0 Å². The third-order valence-corrected chi connectivity index (χ3v) is 5.84. The van der Waals surface area contributed by atoms with Gasteiger partial charge in [-0.2, -0.15) is 0 Å². The van der Waals surface area contributed by atoms with Gasteiger partial charge in [-0.25, -0.2) is 0 Å². The maximum absolute atomic E-state index is 12.2. The fraction of sp³-hybridized carbons (Fsp3) is 0.565. The average Bonchev–Trinajstić information content (AvgIpc) is 3.15. The molecule has 0 saturated carbocycles. The van der Waals surface area contributed by atoms with Gasteiger partial charge in [0.1, 0.15) is 12.2 Å². The zero-order valence-corrected chi connectivity index (χ0v) is 17.8. The normalized spacial score (nSPS) is 19.6. The van der Waals surface area contributed by atoms with E-state index in [0.29, 0.717) is 13.0 Å². The minimum Gasteiger partial charge on any atom is -0.462 e. The third kappa shape index (κ3) is 3.90. The molecule has 0 saturated heterocycles. The van der Waals surface area contributed by atoms with Crippen LogP contribution in [0.25, 0.3) is 10.9 Å². The minimum atomic E-state index is -0.879. The number of aryl methyl sites for hydroxylation is 1. The molecule has 1 aliphatic rings. The quantitative estimate of drug-likeness (QED) is 0.671. The van der Waals surface area contributed by atoms with Crippen molar-refractivity contribution in [1.29, 1.82) is 0 Å². The molecule has 6 nitrogen and oxygen atoms in total. The van der Waals surface area contributed by atoms with Crippen LogP contribution in [0.2, 0.25) is 0 Å². The van der Waals surface area contributed by atoms with Gasteiger partial charge < -0.3 is 19.2 Å². The molecule has 1 aromatic heterocycles. The molecule has 2 heterocycles. The monoisotopic (exact) mass is 401 g/mol. The summed E-state index contributed by atoms with van der Waals surface area (Å²) in [5, 5.41) is 1.19. The van der Waals surface area contributed by atoms with Crippen LogP contribution < -0.4 is 0 Å². The minimum absolute atomic E-state index is 0.0261. The first-order valence-corrected chi connectivity index (χ1v) is 10.6. The van der Waals surface area contributed by atoms with E-state index in [1.54, 1.807) is 13.8 Å². The highest BCUT2D eigenvalue weighted by atomic mass is 16.6. The van der Waals surface area contributed by atoms with Crippen molar-refractivity contribution in [2.75, 3.05) is 13.2 Å². The zero-order valence-electron chi connectivity index (χ0n) is 17.8. The van der Waals surface area contributed by atoms with Crippen molar-refractivity contribution in [1.82, 2.24) is 4.98 Å². The number of fused-ring (bicyclic) bond motifs is 3. The lowest BCUT2D eigenvalue weighted by molar-refractivity contribution is -0.195. The molecule has 2 atom stereocenters. The number of aromatic nitrogens is 1. The molecule has 1 aromatic carbocycles. The molecule has 6 heteroatoms. The molecule has 0 fully saturated rings. The van der Waals surface area contributed by atoms with E-state index in [0.717, 1.165) is 24.1 Å². The summed E-state index contributed by atoms with van der Waals surface area (Å²) >= 11 is 0. The Morgan fingerprint density at radius 3 is 2.59 bits per heavy atom. The predicted molar refractivity (Wildman–Crippen MR) is 111 cm³/mol. The Balaban J connectivity index is 2.10. The predicted octanol–water partition coefficient (Wildman–Crippen LogP) is 4.18. The molecule has 0 spiro atoms. The van der Waals surface area contributed by atoms with E-state index >= 15 is 0 Å². The summed E-state index contributed by atoms with van der Waals surface area (Å²) in [5.74, 6) is -0.661. The van der Waals surface area contributed by atoms with E-state index in [4.69, 9.17) is 14.2 Å². The Hall–Kier alpha value is -2.34. The fourth-order valence-electron chi connectivity index (χ4n) is 4.19. The highest BCUT2D eigenvalue weighted by Gasteiger charge is 2.48. The van der Waals surface area contributed by atoms with Crippen LogP contribution in [0.1, 0.15) is 63.8 Å². The van der Waals surface area contributed by atoms with Gasteiger partial charge in [0.05, 0.1) is 12.3 Å². The van der Waals surface area contributed by atoms with Crippen LogP contribution in [0.4, 0.5) is 0 Å². The number of benzene rings is 1. The molecule has 2 aromatic rings. The Bertz CT molecular complexity index is 887. The van der Waals surface area contributed by atoms with Gasteiger partial charge in [0.15, 0.2) is 6.10 Å². The summed E-state index contributed by atoms with van der Waals surface area (Å²) in [6.45, 7) is 8.13. The fourth-order valence-corrected chi connectivity index (χ4v) is 4.19. The number of aromatic amines is 1. The molecule has 0 bridgehead atoms. The molecule has 1 aliphatic heterocycles. The largest absolute Gasteiger partial charge is 0.462 e. The molecule has 3 rings (SSSR count). The van der Waals surface area contributed by atoms with E-state index in [1.807, 2.05) is 6.92 Å². The van der Waals surface area contributed by atoms with Crippen LogP contribution in [-0.4, -0.2) is 36.2 Å². The lowest BCUT2D eigenvalue weighted by Gasteiger charge is -2.41. The van der Waals surface area contributed by atoms with Crippen molar-refractivity contribution in [3.63, 3.8) is 0 Å². The summed E-state index contributed by atoms with van der Waals surface area (Å²) < 4.78 is 17.5. The zero-order chi connectivity index (χ0) is 21.0. The number of nitrogens with one attached hydrogen (secondary N) is 1. The smallest absolute Gasteiger partial charge is 0.306 e. The number of para-hydroxylation sites is 1. The average molecular weight is 402 g/mol. The molecule has 0 aliphatic carbocycles. The summed E-state index contributed by atoms with van der Waals surface area (Å²) in [4.78, 5) is 27.6. The standard InChI is InChI=1S/C23H31NO5/c1-5-15-10-9-11-16-17-12-13-28-23(8-4,22(17)24-21(15)16)18(29-20(26)7-3)14-27-19(25)6-2/h9-11,18,24H,5-8,12-14H2,1-4H3/t18-,23-/m1/s1. The van der Waals surface area contributed by atoms with Gasteiger partial charge in [0.25, 0.3) is 0 Å². The topological polar surface area (TPSA) is 77.6 Å². The summed E-state index contributed by atoms with van der Waals surface area (Å²) in [6, 6.07) is 6.33. The lowest BCUT2D eigenvalue weighted by atomic mass is 9.84. The van der Waals surface area contributed by atoms with Crippen molar-refractivity contribution in [2.45, 2.75) is 71.5 Å². The van der Waals surface area contributed by atoms with E-state index in [2.05, 4.69) is 30.1 Å². The second-order valence-corrected chi connectivity index (χ2v) is 7.38. The first-order valence-electron chi connectivity index (χ1n) is 10.6. The van der Waals surface area contributed by atoms with Crippen molar-refractivity contribution in [3.8, 4) is 0 Å². The summed E-state index contributed by atoms with van der Waals surface area (Å²) in [6.07, 6.45) is 2.09. The SMILES string of the molecule is CCC(=O)OC[C@@H](OC(=O)CC)[C@@]1(CC)OCCc2c1[nH]c1c(CC)cccc21. The van der Waals surface area contributed by atoms with Gasteiger partial charge >= 0.3 is 11.9 Å². The summed E-state index contributed by atoms with van der Waals surface area (Å²) in [7, 11) is 0. The van der Waals surface area contributed by atoms with Gasteiger partial charge in [0, 0.05) is 23.7 Å². The number of hydrogen-bond acceptors (Lipinski definition) is 5. The number of rotatable bonds is 8. The van der Waals surface area contributed by atoms with Crippen LogP contribution >= 0.6 is 0 Å².